The molecular formula is C28H31BrN2O4. The molecule has 4 rings (SSSR count). The highest BCUT2D eigenvalue weighted by atomic mass is 79.9. The van der Waals surface area contributed by atoms with E-state index in [-0.39, 0.29) is 29.8 Å². The summed E-state index contributed by atoms with van der Waals surface area (Å²) in [4.78, 5) is 22.4. The van der Waals surface area contributed by atoms with Gasteiger partial charge in [0, 0.05) is 10.4 Å². The molecule has 1 atom stereocenters. The molecule has 0 amide bonds. The zero-order valence-electron chi connectivity index (χ0n) is 20.3. The van der Waals surface area contributed by atoms with Crippen molar-refractivity contribution in [2.45, 2.75) is 64.6 Å². The molecule has 3 aromatic rings. The fourth-order valence-electron chi connectivity index (χ4n) is 4.51. The maximum absolute atomic E-state index is 13.2. The van der Waals surface area contributed by atoms with E-state index in [2.05, 4.69) is 20.9 Å². The Morgan fingerprint density at radius 3 is 2.34 bits per heavy atom. The van der Waals surface area contributed by atoms with Gasteiger partial charge in [0.15, 0.2) is 5.69 Å². The number of ether oxygens (including phenoxy) is 2. The standard InChI is InChI=1S/C28H31BrN2O4/c1-28(2,3)35-27(33)23-24(34-17-18-9-5-4-6-10-18)26(32)31-25(30-23)22(19-11-7-8-12-19)20-13-15-21(29)16-14-20/h4-6,9-10,13-16,19,22H,7-8,11-12,17H2,1-3H3,(H,30,31,32). The average molecular weight is 539 g/mol. The molecule has 35 heavy (non-hydrogen) atoms. The maximum Gasteiger partial charge on any atom is 0.361 e. The van der Waals surface area contributed by atoms with Crippen LogP contribution in [0.2, 0.25) is 0 Å². The Kier molecular flexibility index (Phi) is 7.75. The van der Waals surface area contributed by atoms with Crippen LogP contribution in [0, 0.1) is 5.92 Å². The van der Waals surface area contributed by atoms with Crippen molar-refractivity contribution in [3.8, 4) is 11.6 Å². The zero-order valence-corrected chi connectivity index (χ0v) is 21.9. The number of aromatic nitrogens is 2. The smallest absolute Gasteiger partial charge is 0.361 e. The van der Waals surface area contributed by atoms with Gasteiger partial charge in [0.25, 0.3) is 5.88 Å². The number of hydrogen-bond donors (Lipinski definition) is 1. The van der Waals surface area contributed by atoms with Crippen LogP contribution in [0.1, 0.15) is 79.8 Å². The fraction of sp³-hybridized carbons (Fsp3) is 0.393. The quantitative estimate of drug-likeness (QED) is 0.333. The summed E-state index contributed by atoms with van der Waals surface area (Å²) in [5.74, 6) is -0.496. The molecule has 1 N–H and O–H groups in total. The maximum atomic E-state index is 13.2. The summed E-state index contributed by atoms with van der Waals surface area (Å²) in [7, 11) is 0. The summed E-state index contributed by atoms with van der Waals surface area (Å²) < 4.78 is 12.5. The summed E-state index contributed by atoms with van der Waals surface area (Å²) >= 11 is 3.50. The predicted molar refractivity (Wildman–Crippen MR) is 138 cm³/mol. The lowest BCUT2D eigenvalue weighted by atomic mass is 9.84. The lowest BCUT2D eigenvalue weighted by Crippen LogP contribution is -2.26. The molecule has 0 spiro atoms. The number of benzene rings is 2. The number of hydrogen-bond acceptors (Lipinski definition) is 6. The highest BCUT2D eigenvalue weighted by Gasteiger charge is 2.34. The van der Waals surface area contributed by atoms with E-state index < -0.39 is 11.6 Å². The molecule has 0 aliphatic heterocycles. The third-order valence-corrected chi connectivity index (χ3v) is 6.59. The van der Waals surface area contributed by atoms with Gasteiger partial charge in [-0.25, -0.2) is 9.78 Å². The van der Waals surface area contributed by atoms with E-state index >= 15 is 0 Å². The van der Waals surface area contributed by atoms with Crippen LogP contribution in [0.3, 0.4) is 0 Å². The Hall–Kier alpha value is -2.93. The van der Waals surface area contributed by atoms with Crippen molar-refractivity contribution < 1.29 is 19.4 Å². The highest BCUT2D eigenvalue weighted by molar-refractivity contribution is 9.10. The lowest BCUT2D eigenvalue weighted by molar-refractivity contribution is 0.00564. The summed E-state index contributed by atoms with van der Waals surface area (Å²) in [6.45, 7) is 5.53. The molecular weight excluding hydrogens is 508 g/mol. The Balaban J connectivity index is 1.77. The third kappa shape index (κ3) is 6.40. The van der Waals surface area contributed by atoms with Gasteiger partial charge >= 0.3 is 5.97 Å². The first-order valence-corrected chi connectivity index (χ1v) is 12.8. The van der Waals surface area contributed by atoms with E-state index in [1.807, 2.05) is 54.6 Å². The second-order valence-corrected chi connectivity index (χ2v) is 10.8. The first-order valence-electron chi connectivity index (χ1n) is 12.0. The molecule has 1 unspecified atom stereocenters. The molecule has 0 bridgehead atoms. The van der Waals surface area contributed by atoms with Gasteiger partial charge in [0.2, 0.25) is 5.75 Å². The summed E-state index contributed by atoms with van der Waals surface area (Å²) in [6, 6.07) is 17.6. The van der Waals surface area contributed by atoms with E-state index in [0.29, 0.717) is 11.7 Å². The van der Waals surface area contributed by atoms with E-state index in [1.165, 1.54) is 0 Å². The minimum absolute atomic E-state index is 0.0570. The topological polar surface area (TPSA) is 81.5 Å². The summed E-state index contributed by atoms with van der Waals surface area (Å²) in [5, 5.41) is 11.0. The molecule has 1 heterocycles. The van der Waals surface area contributed by atoms with E-state index in [1.54, 1.807) is 20.8 Å². The van der Waals surface area contributed by atoms with Crippen molar-refractivity contribution in [2.75, 3.05) is 0 Å². The van der Waals surface area contributed by atoms with Gasteiger partial charge in [0.05, 0.1) is 0 Å². The second kappa shape index (κ2) is 10.8. The molecule has 0 radical (unpaired) electrons. The van der Waals surface area contributed by atoms with Gasteiger partial charge in [0.1, 0.15) is 18.0 Å². The van der Waals surface area contributed by atoms with Crippen LogP contribution in [-0.4, -0.2) is 26.6 Å². The van der Waals surface area contributed by atoms with E-state index in [4.69, 9.17) is 14.5 Å². The fourth-order valence-corrected chi connectivity index (χ4v) is 4.78. The average Bonchev–Trinajstić information content (AvgIpc) is 3.33. The Morgan fingerprint density at radius 1 is 1.06 bits per heavy atom. The molecule has 0 saturated heterocycles. The monoisotopic (exact) mass is 538 g/mol. The summed E-state index contributed by atoms with van der Waals surface area (Å²) in [5.41, 5.74) is 1.15. The number of carbonyl (C=O) groups is 1. The molecule has 1 saturated carbocycles. The molecule has 184 valence electrons. The van der Waals surface area contributed by atoms with Crippen molar-refractivity contribution in [2.24, 2.45) is 5.92 Å². The van der Waals surface area contributed by atoms with Crippen LogP contribution < -0.4 is 4.74 Å². The Morgan fingerprint density at radius 2 is 1.71 bits per heavy atom. The molecule has 7 heteroatoms. The first kappa shape index (κ1) is 25.2. The minimum Gasteiger partial charge on any atom is -0.491 e. The Bertz CT molecular complexity index is 1150. The highest BCUT2D eigenvalue weighted by Crippen LogP contribution is 2.42. The van der Waals surface area contributed by atoms with Gasteiger partial charge in [-0.3, -0.25) is 0 Å². The van der Waals surface area contributed by atoms with Gasteiger partial charge < -0.3 is 14.6 Å². The minimum atomic E-state index is -0.731. The van der Waals surface area contributed by atoms with Gasteiger partial charge in [-0.15, -0.1) is 0 Å². The molecule has 1 aromatic heterocycles. The largest absolute Gasteiger partial charge is 0.491 e. The normalized spacial score (nSPS) is 15.1. The van der Waals surface area contributed by atoms with Crippen molar-refractivity contribution in [3.05, 3.63) is 81.7 Å². The van der Waals surface area contributed by atoms with Gasteiger partial charge in [-0.2, -0.15) is 4.98 Å². The molecule has 6 nitrogen and oxygen atoms in total. The third-order valence-electron chi connectivity index (χ3n) is 6.06. The number of carbonyl (C=O) groups excluding carboxylic acids is 1. The van der Waals surface area contributed by atoms with Crippen LogP contribution in [0.25, 0.3) is 0 Å². The van der Waals surface area contributed by atoms with Crippen LogP contribution in [-0.2, 0) is 11.3 Å². The van der Waals surface area contributed by atoms with Crippen molar-refractivity contribution in [1.82, 2.24) is 9.97 Å². The Labute approximate surface area is 214 Å². The van der Waals surface area contributed by atoms with E-state index in [9.17, 15) is 9.90 Å². The molecule has 2 aromatic carbocycles. The summed E-state index contributed by atoms with van der Waals surface area (Å²) in [6.07, 6.45) is 4.36. The van der Waals surface area contributed by atoms with Gasteiger partial charge in [-0.05, 0) is 62.8 Å². The number of halogens is 1. The van der Waals surface area contributed by atoms with E-state index in [0.717, 1.165) is 41.3 Å². The van der Waals surface area contributed by atoms with Crippen molar-refractivity contribution in [3.63, 3.8) is 0 Å². The SMILES string of the molecule is CC(C)(C)OC(=O)c1nc(C(c2ccc(Br)cc2)C2CCCC2)nc(O)c1OCc1ccccc1. The lowest BCUT2D eigenvalue weighted by Gasteiger charge is -2.25. The van der Waals surface area contributed by atoms with Gasteiger partial charge in [-0.1, -0.05) is 71.2 Å². The predicted octanol–water partition coefficient (Wildman–Crippen LogP) is 6.80. The van der Waals surface area contributed by atoms with Crippen molar-refractivity contribution >= 4 is 21.9 Å². The molecule has 1 fully saturated rings. The van der Waals surface area contributed by atoms with Crippen LogP contribution in [0.4, 0.5) is 0 Å². The second-order valence-electron chi connectivity index (χ2n) is 9.93. The van der Waals surface area contributed by atoms with Crippen LogP contribution in [0.15, 0.2) is 59.1 Å². The number of esters is 1. The zero-order chi connectivity index (χ0) is 25.0. The molecule has 1 aliphatic rings. The van der Waals surface area contributed by atoms with Crippen LogP contribution >= 0.6 is 15.9 Å². The van der Waals surface area contributed by atoms with Crippen molar-refractivity contribution in [1.29, 1.82) is 0 Å². The first-order chi connectivity index (χ1) is 16.7. The number of nitrogens with zero attached hydrogens (tertiary/aromatic N) is 2. The molecule has 1 aliphatic carbocycles. The van der Waals surface area contributed by atoms with Crippen LogP contribution in [0.5, 0.6) is 11.6 Å². The number of aromatic hydroxyl groups is 1. The number of rotatable bonds is 7.